The molecule has 1 aliphatic heterocycles. The number of likely N-dealkylation sites (tertiary alicyclic amines) is 1. The van der Waals surface area contributed by atoms with Crippen molar-refractivity contribution in [2.75, 3.05) is 6.54 Å². The number of carbonyl (C=O) groups excluding carboxylic acids is 1. The third-order valence-corrected chi connectivity index (χ3v) is 2.41. The van der Waals surface area contributed by atoms with Gasteiger partial charge in [-0.25, -0.2) is 4.79 Å². The number of hydrogen-bond acceptors (Lipinski definition) is 2. The van der Waals surface area contributed by atoms with Gasteiger partial charge in [-0.05, 0) is 19.3 Å². The normalized spacial score (nSPS) is 22.8. The molecule has 0 spiro atoms. The lowest BCUT2D eigenvalue weighted by Crippen LogP contribution is -2.47. The molecule has 1 amide bonds. The van der Waals surface area contributed by atoms with Crippen molar-refractivity contribution in [3.63, 3.8) is 0 Å². The monoisotopic (exact) mass is 185 g/mol. The number of carbonyl (C=O) groups is 2. The Bertz CT molecular complexity index is 215. The molecule has 1 heterocycles. The summed E-state index contributed by atoms with van der Waals surface area (Å²) in [4.78, 5) is 23.6. The largest absolute Gasteiger partial charge is 0.480 e. The molecular formula is C9H15NO3. The topological polar surface area (TPSA) is 57.6 Å². The van der Waals surface area contributed by atoms with E-state index in [4.69, 9.17) is 5.11 Å². The van der Waals surface area contributed by atoms with E-state index in [2.05, 4.69) is 0 Å². The summed E-state index contributed by atoms with van der Waals surface area (Å²) in [5.74, 6) is -0.923. The van der Waals surface area contributed by atoms with Crippen molar-refractivity contribution in [3.05, 3.63) is 0 Å². The Labute approximate surface area is 77.5 Å². The van der Waals surface area contributed by atoms with E-state index in [0.29, 0.717) is 19.4 Å². The molecule has 0 aromatic carbocycles. The maximum Gasteiger partial charge on any atom is 0.326 e. The van der Waals surface area contributed by atoms with Crippen LogP contribution in [0.25, 0.3) is 0 Å². The molecule has 1 aliphatic rings. The van der Waals surface area contributed by atoms with Gasteiger partial charge in [0.2, 0.25) is 5.91 Å². The Morgan fingerprint density at radius 2 is 2.15 bits per heavy atom. The van der Waals surface area contributed by atoms with Crippen LogP contribution >= 0.6 is 0 Å². The zero-order valence-corrected chi connectivity index (χ0v) is 7.82. The van der Waals surface area contributed by atoms with Crippen LogP contribution in [0.4, 0.5) is 0 Å². The molecule has 0 aliphatic carbocycles. The molecule has 0 bridgehead atoms. The van der Waals surface area contributed by atoms with Crippen molar-refractivity contribution in [1.29, 1.82) is 0 Å². The summed E-state index contributed by atoms with van der Waals surface area (Å²) < 4.78 is 0. The van der Waals surface area contributed by atoms with Gasteiger partial charge in [-0.3, -0.25) is 4.79 Å². The fourth-order valence-corrected chi connectivity index (χ4v) is 1.69. The highest BCUT2D eigenvalue weighted by atomic mass is 16.4. The van der Waals surface area contributed by atoms with Crippen molar-refractivity contribution in [2.45, 2.75) is 38.6 Å². The second kappa shape index (κ2) is 4.25. The molecule has 4 heteroatoms. The predicted molar refractivity (Wildman–Crippen MR) is 47.3 cm³/mol. The Kier molecular flexibility index (Phi) is 3.28. The number of hydrogen-bond donors (Lipinski definition) is 1. The van der Waals surface area contributed by atoms with E-state index < -0.39 is 12.0 Å². The van der Waals surface area contributed by atoms with E-state index in [1.165, 1.54) is 4.90 Å². The van der Waals surface area contributed by atoms with Gasteiger partial charge in [0, 0.05) is 13.0 Å². The summed E-state index contributed by atoms with van der Waals surface area (Å²) >= 11 is 0. The van der Waals surface area contributed by atoms with Gasteiger partial charge in [0.05, 0.1) is 0 Å². The molecule has 0 aromatic rings. The third-order valence-electron chi connectivity index (χ3n) is 2.41. The van der Waals surface area contributed by atoms with E-state index in [-0.39, 0.29) is 5.91 Å². The van der Waals surface area contributed by atoms with Crippen LogP contribution in [0.1, 0.15) is 32.6 Å². The Balaban J connectivity index is 2.67. The van der Waals surface area contributed by atoms with E-state index in [0.717, 1.165) is 12.8 Å². The number of aliphatic carboxylic acids is 1. The van der Waals surface area contributed by atoms with Gasteiger partial charge >= 0.3 is 5.97 Å². The highest BCUT2D eigenvalue weighted by Gasteiger charge is 2.30. The van der Waals surface area contributed by atoms with Crippen LogP contribution in [-0.4, -0.2) is 34.5 Å². The fraction of sp³-hybridized carbons (Fsp3) is 0.778. The molecule has 1 N–H and O–H groups in total. The van der Waals surface area contributed by atoms with Crippen LogP contribution in [0.15, 0.2) is 0 Å². The number of amides is 1. The lowest BCUT2D eigenvalue weighted by molar-refractivity contribution is -0.151. The van der Waals surface area contributed by atoms with E-state index in [9.17, 15) is 9.59 Å². The van der Waals surface area contributed by atoms with Gasteiger partial charge in [-0.1, -0.05) is 6.92 Å². The minimum atomic E-state index is -0.874. The van der Waals surface area contributed by atoms with Crippen molar-refractivity contribution in [2.24, 2.45) is 0 Å². The zero-order valence-electron chi connectivity index (χ0n) is 7.82. The van der Waals surface area contributed by atoms with Gasteiger partial charge < -0.3 is 10.0 Å². The molecule has 1 fully saturated rings. The SMILES string of the molecule is CCC(=O)N1CCCCC1C(=O)O. The molecule has 1 saturated heterocycles. The number of nitrogens with zero attached hydrogens (tertiary/aromatic N) is 1. The molecular weight excluding hydrogens is 170 g/mol. The molecule has 13 heavy (non-hydrogen) atoms. The summed E-state index contributed by atoms with van der Waals surface area (Å²) in [6, 6.07) is -0.582. The number of piperidine rings is 1. The Hall–Kier alpha value is -1.06. The van der Waals surface area contributed by atoms with Crippen molar-refractivity contribution in [1.82, 2.24) is 4.90 Å². The first kappa shape index (κ1) is 10.0. The zero-order chi connectivity index (χ0) is 9.84. The summed E-state index contributed by atoms with van der Waals surface area (Å²) in [5, 5.41) is 8.86. The number of rotatable bonds is 2. The predicted octanol–water partition coefficient (Wildman–Crippen LogP) is 0.862. The Morgan fingerprint density at radius 1 is 1.46 bits per heavy atom. The average Bonchev–Trinajstić information content (AvgIpc) is 2.16. The summed E-state index contributed by atoms with van der Waals surface area (Å²) in [5.41, 5.74) is 0. The number of carboxylic acids is 1. The van der Waals surface area contributed by atoms with Crippen molar-refractivity contribution >= 4 is 11.9 Å². The van der Waals surface area contributed by atoms with E-state index >= 15 is 0 Å². The highest BCUT2D eigenvalue weighted by molar-refractivity contribution is 5.83. The first-order valence-electron chi connectivity index (χ1n) is 4.69. The second-order valence-electron chi connectivity index (χ2n) is 3.29. The molecule has 0 radical (unpaired) electrons. The van der Waals surface area contributed by atoms with E-state index in [1.54, 1.807) is 6.92 Å². The third kappa shape index (κ3) is 2.20. The standard InChI is InChI=1S/C9H15NO3/c1-2-8(11)10-6-4-3-5-7(10)9(12)13/h7H,2-6H2,1H3,(H,12,13). The average molecular weight is 185 g/mol. The second-order valence-corrected chi connectivity index (χ2v) is 3.29. The van der Waals surface area contributed by atoms with Crippen LogP contribution in [0.2, 0.25) is 0 Å². The van der Waals surface area contributed by atoms with Gasteiger partial charge in [0.25, 0.3) is 0 Å². The maximum absolute atomic E-state index is 11.3. The van der Waals surface area contributed by atoms with Crippen molar-refractivity contribution in [3.8, 4) is 0 Å². The quantitative estimate of drug-likeness (QED) is 0.694. The first-order chi connectivity index (χ1) is 6.16. The fourth-order valence-electron chi connectivity index (χ4n) is 1.69. The molecule has 1 rings (SSSR count). The molecule has 74 valence electrons. The van der Waals surface area contributed by atoms with E-state index in [1.807, 2.05) is 0 Å². The van der Waals surface area contributed by atoms with Gasteiger partial charge in [0.1, 0.15) is 6.04 Å². The summed E-state index contributed by atoms with van der Waals surface area (Å²) in [6.07, 6.45) is 2.82. The highest BCUT2D eigenvalue weighted by Crippen LogP contribution is 2.17. The molecule has 0 aromatic heterocycles. The van der Waals surface area contributed by atoms with Gasteiger partial charge in [0.15, 0.2) is 0 Å². The summed E-state index contributed by atoms with van der Waals surface area (Å²) in [6.45, 7) is 2.36. The molecule has 4 nitrogen and oxygen atoms in total. The molecule has 0 saturated carbocycles. The number of carboxylic acid groups (broad SMARTS) is 1. The van der Waals surface area contributed by atoms with Gasteiger partial charge in [-0.2, -0.15) is 0 Å². The smallest absolute Gasteiger partial charge is 0.326 e. The van der Waals surface area contributed by atoms with Crippen LogP contribution < -0.4 is 0 Å². The van der Waals surface area contributed by atoms with Crippen LogP contribution in [0.3, 0.4) is 0 Å². The summed E-state index contributed by atoms with van der Waals surface area (Å²) in [7, 11) is 0. The van der Waals surface area contributed by atoms with Crippen molar-refractivity contribution < 1.29 is 14.7 Å². The first-order valence-corrected chi connectivity index (χ1v) is 4.69. The van der Waals surface area contributed by atoms with Crippen LogP contribution in [0.5, 0.6) is 0 Å². The minimum Gasteiger partial charge on any atom is -0.480 e. The lowest BCUT2D eigenvalue weighted by Gasteiger charge is -2.32. The maximum atomic E-state index is 11.3. The molecule has 1 unspecified atom stereocenters. The van der Waals surface area contributed by atoms with Crippen LogP contribution in [0, 0.1) is 0 Å². The molecule has 1 atom stereocenters. The van der Waals surface area contributed by atoms with Gasteiger partial charge in [-0.15, -0.1) is 0 Å². The Morgan fingerprint density at radius 3 is 2.69 bits per heavy atom. The lowest BCUT2D eigenvalue weighted by atomic mass is 10.0. The van der Waals surface area contributed by atoms with Crippen LogP contribution in [-0.2, 0) is 9.59 Å². The minimum absolute atomic E-state index is 0.0490.